The first kappa shape index (κ1) is 19.5. The number of carbonyl (C=O) groups is 1. The van der Waals surface area contributed by atoms with Gasteiger partial charge in [-0.1, -0.05) is 6.07 Å². The predicted molar refractivity (Wildman–Crippen MR) is 100 cm³/mol. The molecule has 2 aromatic rings. The highest BCUT2D eigenvalue weighted by Crippen LogP contribution is 2.30. The van der Waals surface area contributed by atoms with E-state index in [1.165, 1.54) is 11.6 Å². The van der Waals surface area contributed by atoms with Gasteiger partial charge >= 0.3 is 0 Å². The summed E-state index contributed by atoms with van der Waals surface area (Å²) in [5.74, 6) is -1.85. The topological polar surface area (TPSA) is 43.3 Å². The molecule has 1 heterocycles. The van der Waals surface area contributed by atoms with Crippen LogP contribution < -0.4 is 5.32 Å². The van der Waals surface area contributed by atoms with Crippen molar-refractivity contribution in [3.05, 3.63) is 57.9 Å². The molecule has 0 unspecified atom stereocenters. The Bertz CT molecular complexity index is 830. The van der Waals surface area contributed by atoms with Crippen molar-refractivity contribution in [1.29, 1.82) is 0 Å². The number of halogens is 2. The van der Waals surface area contributed by atoms with Crippen LogP contribution in [-0.4, -0.2) is 30.7 Å². The van der Waals surface area contributed by atoms with Crippen molar-refractivity contribution in [3.8, 4) is 0 Å². The number of hydrogen-bond acceptors (Lipinski definition) is 2. The maximum atomic E-state index is 13.6. The van der Waals surface area contributed by atoms with Gasteiger partial charge in [0.05, 0.1) is 0 Å². The van der Waals surface area contributed by atoms with E-state index in [1.54, 1.807) is 13.2 Å². The van der Waals surface area contributed by atoms with E-state index in [0.717, 1.165) is 49.4 Å². The summed E-state index contributed by atoms with van der Waals surface area (Å²) in [5, 5.41) is 2.96. The fourth-order valence-corrected chi connectivity index (χ4v) is 3.86. The molecule has 27 heavy (non-hydrogen) atoms. The van der Waals surface area contributed by atoms with Crippen LogP contribution in [0, 0.1) is 18.6 Å². The molecule has 0 bridgehead atoms. The molecule has 0 aliphatic heterocycles. The maximum Gasteiger partial charge on any atom is 0.268 e. The summed E-state index contributed by atoms with van der Waals surface area (Å²) < 4.78 is 33.9. The van der Waals surface area contributed by atoms with Gasteiger partial charge in [-0.15, -0.1) is 0 Å². The van der Waals surface area contributed by atoms with E-state index in [9.17, 15) is 13.6 Å². The molecule has 6 heteroatoms. The molecule has 3 rings (SSSR count). The minimum atomic E-state index is -0.865. The number of nitrogens with zero attached hydrogens (tertiary/aromatic N) is 1. The van der Waals surface area contributed by atoms with Crippen molar-refractivity contribution < 1.29 is 18.3 Å². The van der Waals surface area contributed by atoms with Crippen molar-refractivity contribution >= 4 is 5.91 Å². The third-order valence-electron chi connectivity index (χ3n) is 5.19. The molecular weight excluding hydrogens is 350 g/mol. The largest absolute Gasteiger partial charge is 0.385 e. The Morgan fingerprint density at radius 1 is 1.22 bits per heavy atom. The molecule has 0 spiro atoms. The van der Waals surface area contributed by atoms with Gasteiger partial charge in [-0.25, -0.2) is 8.78 Å². The summed E-state index contributed by atoms with van der Waals surface area (Å²) in [4.78, 5) is 12.9. The highest BCUT2D eigenvalue weighted by Gasteiger charge is 2.26. The Hall–Kier alpha value is -2.21. The second-order valence-electron chi connectivity index (χ2n) is 7.04. The Kier molecular flexibility index (Phi) is 6.26. The normalized spacial score (nSPS) is 13.5. The van der Waals surface area contributed by atoms with Crippen LogP contribution in [0.4, 0.5) is 8.78 Å². The summed E-state index contributed by atoms with van der Waals surface area (Å²) in [7, 11) is 1.63. The van der Waals surface area contributed by atoms with Crippen LogP contribution in [0.5, 0.6) is 0 Å². The van der Waals surface area contributed by atoms with E-state index in [4.69, 9.17) is 4.74 Å². The van der Waals surface area contributed by atoms with Crippen molar-refractivity contribution in [2.45, 2.75) is 45.6 Å². The summed E-state index contributed by atoms with van der Waals surface area (Å²) in [6.45, 7) is 3.46. The standard InChI is InChI=1S/C21H26F2N2O2/c1-14-16-6-3-4-7-19(16)25(13-15-8-9-17(22)18(23)12-15)20(14)21(26)24-10-5-11-27-2/h8-9,12H,3-7,10-11,13H2,1-2H3,(H,24,26). The van der Waals surface area contributed by atoms with E-state index < -0.39 is 11.6 Å². The second kappa shape index (κ2) is 8.65. The number of hydrogen-bond donors (Lipinski definition) is 1. The van der Waals surface area contributed by atoms with Crippen LogP contribution >= 0.6 is 0 Å². The number of nitrogens with one attached hydrogen (secondary N) is 1. The molecular formula is C21H26F2N2O2. The van der Waals surface area contributed by atoms with Gasteiger partial charge in [-0.05, 0) is 67.9 Å². The molecule has 1 aliphatic carbocycles. The number of aromatic nitrogens is 1. The lowest BCUT2D eigenvalue weighted by Gasteiger charge is -2.17. The zero-order valence-electron chi connectivity index (χ0n) is 15.9. The zero-order valence-corrected chi connectivity index (χ0v) is 15.9. The van der Waals surface area contributed by atoms with Crippen LogP contribution in [0.25, 0.3) is 0 Å². The van der Waals surface area contributed by atoms with Gasteiger partial charge in [0.25, 0.3) is 5.91 Å². The van der Waals surface area contributed by atoms with Crippen molar-refractivity contribution in [3.63, 3.8) is 0 Å². The molecule has 4 nitrogen and oxygen atoms in total. The van der Waals surface area contributed by atoms with E-state index in [2.05, 4.69) is 5.32 Å². The molecule has 0 saturated carbocycles. The molecule has 0 atom stereocenters. The Balaban J connectivity index is 1.92. The van der Waals surface area contributed by atoms with E-state index >= 15 is 0 Å². The van der Waals surface area contributed by atoms with Gasteiger partial charge in [-0.3, -0.25) is 4.79 Å². The Labute approximate surface area is 158 Å². The second-order valence-corrected chi connectivity index (χ2v) is 7.04. The fourth-order valence-electron chi connectivity index (χ4n) is 3.86. The molecule has 0 fully saturated rings. The fraction of sp³-hybridized carbons (Fsp3) is 0.476. The lowest BCUT2D eigenvalue weighted by atomic mass is 9.95. The minimum absolute atomic E-state index is 0.124. The molecule has 1 amide bonds. The lowest BCUT2D eigenvalue weighted by molar-refractivity contribution is 0.0939. The molecule has 0 saturated heterocycles. The van der Waals surface area contributed by atoms with Crippen molar-refractivity contribution in [2.24, 2.45) is 0 Å². The van der Waals surface area contributed by atoms with Gasteiger partial charge in [-0.2, -0.15) is 0 Å². The number of fused-ring (bicyclic) bond motifs is 1. The molecule has 1 aliphatic rings. The van der Waals surface area contributed by atoms with Crippen LogP contribution in [0.15, 0.2) is 18.2 Å². The van der Waals surface area contributed by atoms with Gasteiger partial charge in [0, 0.05) is 32.5 Å². The lowest BCUT2D eigenvalue weighted by Crippen LogP contribution is -2.28. The average Bonchev–Trinajstić information content (AvgIpc) is 2.94. The summed E-state index contributed by atoms with van der Waals surface area (Å²) in [6.07, 6.45) is 4.78. The van der Waals surface area contributed by atoms with Crippen LogP contribution in [0.2, 0.25) is 0 Å². The van der Waals surface area contributed by atoms with Gasteiger partial charge in [0.2, 0.25) is 0 Å². The minimum Gasteiger partial charge on any atom is -0.385 e. The smallest absolute Gasteiger partial charge is 0.268 e. The SMILES string of the molecule is COCCCNC(=O)c1c(C)c2c(n1Cc1ccc(F)c(F)c1)CCCC2. The molecule has 0 radical (unpaired) electrons. The predicted octanol–water partition coefficient (Wildman–Crippen LogP) is 3.77. The average molecular weight is 376 g/mol. The summed E-state index contributed by atoms with van der Waals surface area (Å²) in [6, 6.07) is 3.92. The van der Waals surface area contributed by atoms with Gasteiger partial charge in [0.15, 0.2) is 11.6 Å². The van der Waals surface area contributed by atoms with Gasteiger partial charge in [0.1, 0.15) is 5.69 Å². The number of amides is 1. The van der Waals surface area contributed by atoms with E-state index in [0.29, 0.717) is 31.0 Å². The number of carbonyl (C=O) groups excluding carboxylic acids is 1. The number of methoxy groups -OCH3 is 1. The molecule has 1 aromatic carbocycles. The van der Waals surface area contributed by atoms with Crippen LogP contribution in [0.1, 0.15) is 52.1 Å². The van der Waals surface area contributed by atoms with Crippen LogP contribution in [-0.2, 0) is 24.1 Å². The summed E-state index contributed by atoms with van der Waals surface area (Å²) in [5.41, 5.74) is 4.64. The monoisotopic (exact) mass is 376 g/mol. The van der Waals surface area contributed by atoms with Crippen molar-refractivity contribution in [1.82, 2.24) is 9.88 Å². The zero-order chi connectivity index (χ0) is 19.4. The van der Waals surface area contributed by atoms with E-state index in [-0.39, 0.29) is 5.91 Å². The van der Waals surface area contributed by atoms with Crippen molar-refractivity contribution in [2.75, 3.05) is 20.3 Å². The van der Waals surface area contributed by atoms with Gasteiger partial charge < -0.3 is 14.6 Å². The summed E-state index contributed by atoms with van der Waals surface area (Å²) >= 11 is 0. The highest BCUT2D eigenvalue weighted by molar-refractivity contribution is 5.95. The van der Waals surface area contributed by atoms with Crippen LogP contribution in [0.3, 0.4) is 0 Å². The number of ether oxygens (including phenoxy) is 1. The molecule has 1 N–H and O–H groups in total. The van der Waals surface area contributed by atoms with E-state index in [1.807, 2.05) is 11.5 Å². The Morgan fingerprint density at radius 2 is 2.00 bits per heavy atom. The third kappa shape index (κ3) is 4.21. The quantitative estimate of drug-likeness (QED) is 0.748. The highest BCUT2D eigenvalue weighted by atomic mass is 19.2. The number of rotatable bonds is 7. The molecule has 1 aromatic heterocycles. The maximum absolute atomic E-state index is 13.6. The molecule has 146 valence electrons. The first-order chi connectivity index (χ1) is 13.0. The number of benzene rings is 1. The first-order valence-corrected chi connectivity index (χ1v) is 9.44. The first-order valence-electron chi connectivity index (χ1n) is 9.44. The third-order valence-corrected chi connectivity index (χ3v) is 5.19. The Morgan fingerprint density at radius 3 is 2.74 bits per heavy atom.